The number of aromatic nitrogens is 3. The Morgan fingerprint density at radius 2 is 1.15 bits per heavy atom. The van der Waals surface area contributed by atoms with Crippen molar-refractivity contribution >= 4 is 21.9 Å². The fourth-order valence-corrected chi connectivity index (χ4v) is 12.8. The second-order valence-corrected chi connectivity index (χ2v) is 21.6. The van der Waals surface area contributed by atoms with Crippen molar-refractivity contribution in [2.24, 2.45) is 0 Å². The van der Waals surface area contributed by atoms with Crippen LogP contribution in [0.25, 0.3) is 55.7 Å². The molecule has 0 bridgehead atoms. The Morgan fingerprint density at radius 1 is 0.577 bits per heavy atom. The monoisotopic (exact) mass is 1110 g/mol. The Bertz CT molecular complexity index is 3190. The number of hydrogen-bond acceptors (Lipinski definition) is 4. The van der Waals surface area contributed by atoms with E-state index < -0.39 is 5.89 Å². The van der Waals surface area contributed by atoms with E-state index in [0.29, 0.717) is 0 Å². The van der Waals surface area contributed by atoms with Crippen LogP contribution in [0.3, 0.4) is 0 Å². The molecule has 3 saturated carbocycles. The second-order valence-electron chi connectivity index (χ2n) is 21.6. The molecule has 0 amide bonds. The summed E-state index contributed by atoms with van der Waals surface area (Å²) in [5.74, 6) is -0.523. The Kier molecular flexibility index (Phi) is 12.9. The standard InChI is InChI=1S/C66H62N3O.Ir/c1-64(2,53-25-31-61(69-43-53)58-23-15-22-57-56-28-24-52(49-16-9-10-17-49)39-62(56)70-63(57)58)40-46-36-47(41-65(32-11-12-33-65)54-26-29-59(67-44-54)50-18-5-3-6-19-50)38-48(37-46)42-66(34-13-14-35-66)55-27-30-60(68-45-55)51-20-7-4-8-21-51;/h3-8,15,18,20,22,24-31,36-39,43-45,49H,9-14,16-17,32-35,40-42H2,1-2H3;/q-3;+3/i49D;. The van der Waals surface area contributed by atoms with Crippen LogP contribution in [0.15, 0.2) is 156 Å². The van der Waals surface area contributed by atoms with Gasteiger partial charge < -0.3 is 19.4 Å². The van der Waals surface area contributed by atoms with Crippen molar-refractivity contribution < 1.29 is 25.9 Å². The minimum atomic E-state index is -0.523. The molecule has 0 atom stereocenters. The van der Waals surface area contributed by atoms with Gasteiger partial charge in [-0.25, -0.2) is 0 Å². The van der Waals surface area contributed by atoms with Gasteiger partial charge in [0.15, 0.2) is 0 Å². The summed E-state index contributed by atoms with van der Waals surface area (Å²) in [6.07, 6.45) is 22.9. The van der Waals surface area contributed by atoms with Gasteiger partial charge in [0.1, 0.15) is 5.58 Å². The summed E-state index contributed by atoms with van der Waals surface area (Å²) < 4.78 is 15.8. The topological polar surface area (TPSA) is 51.8 Å². The summed E-state index contributed by atoms with van der Waals surface area (Å²) in [6, 6.07) is 58.1. The normalized spacial score (nSPS) is 17.4. The number of nitrogens with zero attached hydrogens (tertiary/aromatic N) is 3. The Morgan fingerprint density at radius 3 is 1.69 bits per heavy atom. The summed E-state index contributed by atoms with van der Waals surface area (Å²) in [4.78, 5) is 15.2. The molecule has 4 aromatic heterocycles. The Hall–Kier alpha value is -6.00. The van der Waals surface area contributed by atoms with E-state index in [1.165, 1.54) is 84.7 Å². The van der Waals surface area contributed by atoms with Crippen molar-refractivity contribution in [1.82, 2.24) is 15.0 Å². The zero-order valence-electron chi connectivity index (χ0n) is 42.1. The minimum Gasteiger partial charge on any atom is -0.501 e. The van der Waals surface area contributed by atoms with Gasteiger partial charge in [-0.05, 0) is 131 Å². The van der Waals surface area contributed by atoms with Crippen molar-refractivity contribution in [2.45, 2.75) is 132 Å². The van der Waals surface area contributed by atoms with Crippen LogP contribution in [-0.4, -0.2) is 15.0 Å². The van der Waals surface area contributed by atoms with Gasteiger partial charge in [-0.1, -0.05) is 130 Å². The molecule has 5 heteroatoms. The van der Waals surface area contributed by atoms with Gasteiger partial charge in [0.25, 0.3) is 0 Å². The molecule has 0 spiro atoms. The maximum Gasteiger partial charge on any atom is 3.00 e. The quantitative estimate of drug-likeness (QED) is 0.108. The molecule has 0 aliphatic heterocycles. The fourth-order valence-electron chi connectivity index (χ4n) is 12.8. The maximum absolute atomic E-state index is 9.14. The number of furan rings is 1. The molecule has 0 radical (unpaired) electrons. The van der Waals surface area contributed by atoms with E-state index in [1.807, 2.05) is 30.3 Å². The minimum absolute atomic E-state index is 0. The van der Waals surface area contributed by atoms with E-state index in [-0.39, 0.29) is 36.4 Å². The fraction of sp³-hybridized carbons (Fsp3) is 0.318. The summed E-state index contributed by atoms with van der Waals surface area (Å²) >= 11 is 0. The van der Waals surface area contributed by atoms with Crippen LogP contribution in [0.4, 0.5) is 0 Å². The molecule has 0 N–H and O–H groups in total. The largest absolute Gasteiger partial charge is 3.00 e. The first-order chi connectivity index (χ1) is 34.6. The van der Waals surface area contributed by atoms with Gasteiger partial charge in [0, 0.05) is 36.2 Å². The van der Waals surface area contributed by atoms with Crippen LogP contribution in [0.2, 0.25) is 0 Å². The third-order valence-electron chi connectivity index (χ3n) is 16.5. The number of benzene rings is 5. The second kappa shape index (κ2) is 19.9. The Balaban J connectivity index is 0.00000560. The predicted octanol–water partition coefficient (Wildman–Crippen LogP) is 16.5. The molecule has 4 nitrogen and oxygen atoms in total. The Labute approximate surface area is 435 Å². The van der Waals surface area contributed by atoms with Crippen LogP contribution >= 0.6 is 0 Å². The number of fused-ring (bicyclic) bond motifs is 3. The van der Waals surface area contributed by atoms with Crippen LogP contribution < -0.4 is 0 Å². The molecular formula is C66H62IrN3O. The first-order valence-corrected chi connectivity index (χ1v) is 26.0. The van der Waals surface area contributed by atoms with Crippen LogP contribution in [0.1, 0.15) is 137 Å². The first kappa shape index (κ1) is 46.1. The van der Waals surface area contributed by atoms with E-state index in [2.05, 4.69) is 154 Å². The average molecular weight is 1110 g/mol. The zero-order chi connectivity index (χ0) is 48.0. The van der Waals surface area contributed by atoms with E-state index in [9.17, 15) is 0 Å². The summed E-state index contributed by atoms with van der Waals surface area (Å²) in [5, 5.41) is 2.13. The third-order valence-corrected chi connectivity index (χ3v) is 16.5. The van der Waals surface area contributed by atoms with Crippen molar-refractivity contribution in [1.29, 1.82) is 0 Å². The number of rotatable bonds is 13. The van der Waals surface area contributed by atoms with Crippen LogP contribution in [-0.2, 0) is 55.6 Å². The van der Waals surface area contributed by atoms with Gasteiger partial charge in [-0.15, -0.1) is 90.0 Å². The maximum atomic E-state index is 9.14. The molecule has 4 heterocycles. The molecule has 12 rings (SSSR count). The summed E-state index contributed by atoms with van der Waals surface area (Å²) in [6.45, 7) is 4.74. The molecule has 5 aromatic carbocycles. The molecule has 3 aliphatic rings. The van der Waals surface area contributed by atoms with Gasteiger partial charge in [0.05, 0.1) is 5.58 Å². The molecule has 0 saturated heterocycles. The smallest absolute Gasteiger partial charge is 0.501 e. The average Bonchev–Trinajstić information content (AvgIpc) is 4.25. The number of pyridine rings is 3. The molecule has 9 aromatic rings. The van der Waals surface area contributed by atoms with Crippen molar-refractivity contribution in [2.75, 3.05) is 0 Å². The molecule has 3 aliphatic carbocycles. The van der Waals surface area contributed by atoms with E-state index in [4.69, 9.17) is 20.7 Å². The third kappa shape index (κ3) is 9.49. The first-order valence-electron chi connectivity index (χ1n) is 26.5. The van der Waals surface area contributed by atoms with E-state index in [0.717, 1.165) is 106 Å². The SMILES string of the molecule is [2H]C1(c2ccc3c(c2)oc2c(-c4ccc(C(C)(C)Cc5cc(CC6(c7ccc(-c8[c-]cccc8)nc7)CCCC6)cc(CC6(c7ccc(-c8[c-]cccc8)nc7)CCCC6)c5)cn4)[c-]ccc23)CCCC1.[Ir+3]. The van der Waals surface area contributed by atoms with Crippen LogP contribution in [0, 0.1) is 18.2 Å². The van der Waals surface area contributed by atoms with Gasteiger partial charge >= 0.3 is 20.1 Å². The predicted molar refractivity (Wildman–Crippen MR) is 285 cm³/mol. The van der Waals surface area contributed by atoms with Crippen molar-refractivity contribution in [3.8, 4) is 33.8 Å². The zero-order valence-corrected chi connectivity index (χ0v) is 43.5. The molecule has 3 fully saturated rings. The molecule has 0 unspecified atom stereocenters. The molecule has 356 valence electrons. The van der Waals surface area contributed by atoms with Crippen molar-refractivity contribution in [3.05, 3.63) is 209 Å². The molecule has 71 heavy (non-hydrogen) atoms. The summed E-state index contributed by atoms with van der Waals surface area (Å²) in [7, 11) is 0. The van der Waals surface area contributed by atoms with Gasteiger partial charge in [-0.2, -0.15) is 0 Å². The van der Waals surface area contributed by atoms with Gasteiger partial charge in [-0.3, -0.25) is 0 Å². The van der Waals surface area contributed by atoms with Crippen LogP contribution in [0.5, 0.6) is 0 Å². The molecular weight excluding hydrogens is 1040 g/mol. The van der Waals surface area contributed by atoms with Gasteiger partial charge in [0.2, 0.25) is 0 Å². The number of hydrogen-bond donors (Lipinski definition) is 0. The van der Waals surface area contributed by atoms with E-state index >= 15 is 0 Å². The van der Waals surface area contributed by atoms with Crippen molar-refractivity contribution in [3.63, 3.8) is 0 Å². The summed E-state index contributed by atoms with van der Waals surface area (Å²) in [5.41, 5.74) is 16.5. The van der Waals surface area contributed by atoms with E-state index in [1.54, 1.807) is 0 Å².